The van der Waals surface area contributed by atoms with E-state index in [2.05, 4.69) is 16.0 Å². The van der Waals surface area contributed by atoms with Crippen LogP contribution in [-0.2, 0) is 23.6 Å². The van der Waals surface area contributed by atoms with Crippen LogP contribution in [0.1, 0.15) is 49.4 Å². The van der Waals surface area contributed by atoms with Crippen molar-refractivity contribution in [3.8, 4) is 5.75 Å². The maximum Gasteiger partial charge on any atom is 0.302 e. The summed E-state index contributed by atoms with van der Waals surface area (Å²) in [6.07, 6.45) is 7.17. The number of methoxy groups -OCH3 is 1. The smallest absolute Gasteiger partial charge is 0.302 e. The van der Waals surface area contributed by atoms with Gasteiger partial charge in [0, 0.05) is 39.0 Å². The van der Waals surface area contributed by atoms with Crippen molar-refractivity contribution in [2.75, 3.05) is 30.9 Å². The fourth-order valence-corrected chi connectivity index (χ4v) is 4.25. The first-order valence-electron chi connectivity index (χ1n) is 13.4. The number of aryl methyl sites for hydroxylation is 2. The van der Waals surface area contributed by atoms with E-state index in [1.54, 1.807) is 67.0 Å². The van der Waals surface area contributed by atoms with Crippen LogP contribution in [0.4, 0.5) is 11.4 Å². The number of carbonyl (C=O) groups excluding carboxylic acids is 4. The van der Waals surface area contributed by atoms with Gasteiger partial charge in [-0.15, -0.1) is 0 Å². The van der Waals surface area contributed by atoms with Crippen LogP contribution in [0.5, 0.6) is 5.75 Å². The predicted octanol–water partition coefficient (Wildman–Crippen LogP) is 4.34. The molecule has 0 aliphatic heterocycles. The molecule has 11 heteroatoms. The predicted molar refractivity (Wildman–Crippen MR) is 164 cm³/mol. The topological polar surface area (TPSA) is 133 Å². The van der Waals surface area contributed by atoms with Crippen LogP contribution in [0.15, 0.2) is 73.1 Å². The van der Waals surface area contributed by atoms with Crippen molar-refractivity contribution in [2.45, 2.75) is 6.92 Å². The van der Waals surface area contributed by atoms with Gasteiger partial charge in [0.25, 0.3) is 17.7 Å². The Bertz CT molecular complexity index is 1670. The molecular weight excluding hydrogens is 550 g/mol. The zero-order valence-electron chi connectivity index (χ0n) is 24.3. The van der Waals surface area contributed by atoms with Crippen molar-refractivity contribution in [3.05, 3.63) is 101 Å². The molecule has 11 nitrogen and oxygen atoms in total. The number of esters is 1. The lowest BCUT2D eigenvalue weighted by atomic mass is 10.1. The van der Waals surface area contributed by atoms with E-state index in [1.807, 2.05) is 48.6 Å². The molecule has 0 unspecified atom stereocenters. The Kier molecular flexibility index (Phi) is 9.79. The summed E-state index contributed by atoms with van der Waals surface area (Å²) in [5.41, 5.74) is 3.91. The Balaban J connectivity index is 1.34. The number of amides is 3. The number of nitrogens with zero attached hydrogens (tertiary/aromatic N) is 2. The van der Waals surface area contributed by atoms with Crippen LogP contribution in [0.25, 0.3) is 12.2 Å². The summed E-state index contributed by atoms with van der Waals surface area (Å²) in [5.74, 6) is -0.749. The number of carbonyl (C=O) groups is 4. The Morgan fingerprint density at radius 3 is 2.00 bits per heavy atom. The minimum atomic E-state index is -0.426. The number of anilines is 2. The number of nitrogens with one attached hydrogen (secondary N) is 3. The van der Waals surface area contributed by atoms with Gasteiger partial charge in [-0.3, -0.25) is 19.2 Å². The van der Waals surface area contributed by atoms with Gasteiger partial charge in [0.1, 0.15) is 23.7 Å². The molecule has 0 bridgehead atoms. The summed E-state index contributed by atoms with van der Waals surface area (Å²) in [7, 11) is 5.00. The van der Waals surface area contributed by atoms with E-state index < -0.39 is 11.9 Å². The Morgan fingerprint density at radius 2 is 1.37 bits per heavy atom. The van der Waals surface area contributed by atoms with Gasteiger partial charge in [-0.1, -0.05) is 36.4 Å². The summed E-state index contributed by atoms with van der Waals surface area (Å²) < 4.78 is 13.2. The second-order valence-electron chi connectivity index (χ2n) is 9.69. The lowest BCUT2D eigenvalue weighted by Crippen LogP contribution is -2.29. The number of ether oxygens (including phenoxy) is 2. The number of rotatable bonds is 11. The highest BCUT2D eigenvalue weighted by Gasteiger charge is 2.17. The van der Waals surface area contributed by atoms with E-state index in [4.69, 9.17) is 9.47 Å². The Morgan fingerprint density at radius 1 is 0.767 bits per heavy atom. The number of aromatic nitrogens is 2. The molecule has 2 aromatic carbocycles. The molecule has 0 spiro atoms. The maximum atomic E-state index is 13.0. The molecule has 0 saturated heterocycles. The SMILES string of the molecule is COc1cccc(/C=C/c2ccc(C(=O)Nc3cc(C(=O)Nc4cc(C(=O)NCCOC(C)=O)n(C)c4)n(C)c3)cc2)c1. The van der Waals surface area contributed by atoms with E-state index >= 15 is 0 Å². The van der Waals surface area contributed by atoms with Gasteiger partial charge in [0.2, 0.25) is 0 Å². The molecule has 0 aliphatic carbocycles. The molecule has 0 fully saturated rings. The fourth-order valence-electron chi connectivity index (χ4n) is 4.25. The van der Waals surface area contributed by atoms with E-state index in [9.17, 15) is 19.2 Å². The lowest BCUT2D eigenvalue weighted by molar-refractivity contribution is -0.140. The Labute approximate surface area is 249 Å². The van der Waals surface area contributed by atoms with Crippen LogP contribution in [0.3, 0.4) is 0 Å². The summed E-state index contributed by atoms with van der Waals surface area (Å²) in [4.78, 5) is 49.2. The number of benzene rings is 2. The van der Waals surface area contributed by atoms with Gasteiger partial charge in [-0.2, -0.15) is 0 Å². The molecule has 0 radical (unpaired) electrons. The minimum absolute atomic E-state index is 0.0647. The van der Waals surface area contributed by atoms with Crippen LogP contribution < -0.4 is 20.7 Å². The molecule has 0 aliphatic rings. The fraction of sp³-hybridized carbons (Fsp3) is 0.188. The molecule has 43 heavy (non-hydrogen) atoms. The molecule has 3 amide bonds. The van der Waals surface area contributed by atoms with E-state index in [1.165, 1.54) is 6.92 Å². The van der Waals surface area contributed by atoms with Crippen molar-refractivity contribution in [1.29, 1.82) is 0 Å². The normalized spacial score (nSPS) is 10.8. The third-order valence-corrected chi connectivity index (χ3v) is 6.42. The first-order chi connectivity index (χ1) is 20.6. The van der Waals surface area contributed by atoms with E-state index in [-0.39, 0.29) is 25.0 Å². The average Bonchev–Trinajstić information content (AvgIpc) is 3.55. The van der Waals surface area contributed by atoms with Gasteiger partial charge in [-0.05, 0) is 47.5 Å². The average molecular weight is 584 g/mol. The molecule has 222 valence electrons. The lowest BCUT2D eigenvalue weighted by Gasteiger charge is -2.05. The van der Waals surface area contributed by atoms with Gasteiger partial charge in [-0.25, -0.2) is 0 Å². The molecule has 4 aromatic rings. The molecule has 0 saturated carbocycles. The summed E-state index contributed by atoms with van der Waals surface area (Å²) in [5, 5.41) is 8.26. The summed E-state index contributed by atoms with van der Waals surface area (Å²) in [6.45, 7) is 1.52. The second-order valence-corrected chi connectivity index (χ2v) is 9.69. The van der Waals surface area contributed by atoms with Crippen molar-refractivity contribution >= 4 is 47.2 Å². The van der Waals surface area contributed by atoms with Crippen molar-refractivity contribution in [3.63, 3.8) is 0 Å². The van der Waals surface area contributed by atoms with Gasteiger partial charge >= 0.3 is 5.97 Å². The first-order valence-corrected chi connectivity index (χ1v) is 13.4. The molecule has 4 rings (SSSR count). The van der Waals surface area contributed by atoms with E-state index in [0.29, 0.717) is 28.3 Å². The second kappa shape index (κ2) is 13.9. The van der Waals surface area contributed by atoms with Crippen LogP contribution in [0.2, 0.25) is 0 Å². The van der Waals surface area contributed by atoms with Crippen LogP contribution in [-0.4, -0.2) is 53.1 Å². The third kappa shape index (κ3) is 8.23. The first kappa shape index (κ1) is 30.4. The molecular formula is C32H33N5O6. The minimum Gasteiger partial charge on any atom is -0.497 e. The highest BCUT2D eigenvalue weighted by atomic mass is 16.5. The molecule has 0 atom stereocenters. The van der Waals surface area contributed by atoms with Gasteiger partial charge in [0.05, 0.1) is 25.0 Å². The highest BCUT2D eigenvalue weighted by molar-refractivity contribution is 6.07. The number of hydrogen-bond acceptors (Lipinski definition) is 6. The molecule has 2 aromatic heterocycles. The monoisotopic (exact) mass is 583 g/mol. The standard InChI is InChI=1S/C32H33N5O6/c1-21(38)43-15-14-33-31(40)28-17-26(20-36(28)2)35-32(41)29-18-25(19-37(29)3)34-30(39)24-12-10-22(11-13-24)8-9-23-6-5-7-27(16-23)42-4/h5-13,16-20H,14-15H2,1-4H3,(H,33,40)(H,34,39)(H,35,41)/b9-8+. The Hall–Kier alpha value is -5.58. The van der Waals surface area contributed by atoms with Gasteiger partial charge < -0.3 is 34.6 Å². The van der Waals surface area contributed by atoms with Gasteiger partial charge in [0.15, 0.2) is 0 Å². The van der Waals surface area contributed by atoms with Crippen LogP contribution in [0, 0.1) is 0 Å². The van der Waals surface area contributed by atoms with Crippen molar-refractivity contribution < 1.29 is 28.7 Å². The highest BCUT2D eigenvalue weighted by Crippen LogP contribution is 2.19. The maximum absolute atomic E-state index is 13.0. The third-order valence-electron chi connectivity index (χ3n) is 6.42. The van der Waals surface area contributed by atoms with Crippen LogP contribution >= 0.6 is 0 Å². The zero-order chi connectivity index (χ0) is 30.9. The molecule has 2 heterocycles. The van der Waals surface area contributed by atoms with Crippen molar-refractivity contribution in [1.82, 2.24) is 14.5 Å². The largest absolute Gasteiger partial charge is 0.497 e. The summed E-state index contributed by atoms with van der Waals surface area (Å²) in [6, 6.07) is 18.0. The quantitative estimate of drug-likeness (QED) is 0.137. The summed E-state index contributed by atoms with van der Waals surface area (Å²) >= 11 is 0. The zero-order valence-corrected chi connectivity index (χ0v) is 24.3. The van der Waals surface area contributed by atoms with Crippen molar-refractivity contribution in [2.24, 2.45) is 14.1 Å². The molecule has 3 N–H and O–H groups in total. The number of hydrogen-bond donors (Lipinski definition) is 3. The van der Waals surface area contributed by atoms with E-state index in [0.717, 1.165) is 16.9 Å².